The number of ether oxygens (including phenoxy) is 1. The number of aromatic nitrogens is 1. The van der Waals surface area contributed by atoms with Crippen LogP contribution in [0.5, 0.6) is 5.75 Å². The van der Waals surface area contributed by atoms with Crippen LogP contribution in [0.2, 0.25) is 0 Å². The summed E-state index contributed by atoms with van der Waals surface area (Å²) in [5.41, 5.74) is 1.45. The fourth-order valence-electron chi connectivity index (χ4n) is 1.92. The van der Waals surface area contributed by atoms with E-state index in [1.807, 2.05) is 12.1 Å². The number of benzene rings is 1. The molecule has 1 heterocycles. The summed E-state index contributed by atoms with van der Waals surface area (Å²) in [5, 5.41) is 11.9. The molecule has 1 N–H and O–H groups in total. The molecular weight excluding hydrogens is 266 g/mol. The summed E-state index contributed by atoms with van der Waals surface area (Å²) in [6.07, 6.45) is 3.63. The molecule has 0 fully saturated rings. The van der Waals surface area contributed by atoms with Gasteiger partial charge in [0, 0.05) is 12.4 Å². The summed E-state index contributed by atoms with van der Waals surface area (Å²) >= 11 is 0. The van der Waals surface area contributed by atoms with Gasteiger partial charge in [-0.3, -0.25) is 9.78 Å². The van der Waals surface area contributed by atoms with Gasteiger partial charge in [-0.1, -0.05) is 12.1 Å². The molecule has 1 aromatic heterocycles. The van der Waals surface area contributed by atoms with Crippen LogP contribution in [0.25, 0.3) is 0 Å². The van der Waals surface area contributed by atoms with Gasteiger partial charge in [-0.25, -0.2) is 0 Å². The molecule has 1 amide bonds. The van der Waals surface area contributed by atoms with Crippen LogP contribution < -0.4 is 10.1 Å². The van der Waals surface area contributed by atoms with Crippen LogP contribution in [-0.4, -0.2) is 18.0 Å². The van der Waals surface area contributed by atoms with Gasteiger partial charge in [0.15, 0.2) is 0 Å². The molecule has 0 aliphatic heterocycles. The number of rotatable bonds is 5. The monoisotopic (exact) mass is 281 g/mol. The molecule has 1 atom stereocenters. The first-order valence-electron chi connectivity index (χ1n) is 6.47. The minimum Gasteiger partial charge on any atom is -0.495 e. The Morgan fingerprint density at radius 2 is 2.05 bits per heavy atom. The second-order valence-electron chi connectivity index (χ2n) is 4.43. The van der Waals surface area contributed by atoms with Crippen molar-refractivity contribution in [1.82, 2.24) is 4.98 Å². The SMILES string of the molecule is COc1ccccc1NC(=O)C(C#N)Cc1ccncc1. The highest BCUT2D eigenvalue weighted by Gasteiger charge is 2.19. The largest absolute Gasteiger partial charge is 0.495 e. The molecule has 2 rings (SSSR count). The van der Waals surface area contributed by atoms with Crippen molar-refractivity contribution >= 4 is 11.6 Å². The van der Waals surface area contributed by atoms with Crippen LogP contribution in [0, 0.1) is 17.2 Å². The fraction of sp³-hybridized carbons (Fsp3) is 0.188. The first kappa shape index (κ1) is 14.5. The Labute approximate surface area is 123 Å². The molecule has 0 aliphatic rings. The van der Waals surface area contributed by atoms with E-state index in [9.17, 15) is 10.1 Å². The lowest BCUT2D eigenvalue weighted by Crippen LogP contribution is -2.23. The Hall–Kier alpha value is -2.87. The highest BCUT2D eigenvalue weighted by molar-refractivity contribution is 5.95. The molecule has 0 aliphatic carbocycles. The van der Waals surface area contributed by atoms with Crippen molar-refractivity contribution in [2.24, 2.45) is 5.92 Å². The van der Waals surface area contributed by atoms with Crippen molar-refractivity contribution in [1.29, 1.82) is 5.26 Å². The van der Waals surface area contributed by atoms with Crippen LogP contribution in [0.15, 0.2) is 48.8 Å². The van der Waals surface area contributed by atoms with Crippen molar-refractivity contribution in [3.05, 3.63) is 54.4 Å². The normalized spacial score (nSPS) is 11.2. The van der Waals surface area contributed by atoms with E-state index >= 15 is 0 Å². The Bertz CT molecular complexity index is 650. The Kier molecular flexibility index (Phi) is 4.89. The number of pyridine rings is 1. The Balaban J connectivity index is 2.09. The quantitative estimate of drug-likeness (QED) is 0.913. The maximum atomic E-state index is 12.2. The van der Waals surface area contributed by atoms with Gasteiger partial charge in [-0.15, -0.1) is 0 Å². The Morgan fingerprint density at radius 3 is 2.71 bits per heavy atom. The smallest absolute Gasteiger partial charge is 0.242 e. The lowest BCUT2D eigenvalue weighted by atomic mass is 10.0. The van der Waals surface area contributed by atoms with Gasteiger partial charge in [-0.2, -0.15) is 5.26 Å². The van der Waals surface area contributed by atoms with Crippen LogP contribution in [0.4, 0.5) is 5.69 Å². The summed E-state index contributed by atoms with van der Waals surface area (Å²) in [6.45, 7) is 0. The molecule has 5 nitrogen and oxygen atoms in total. The van der Waals surface area contributed by atoms with Gasteiger partial charge in [0.1, 0.15) is 11.7 Å². The van der Waals surface area contributed by atoms with Crippen molar-refractivity contribution in [3.8, 4) is 11.8 Å². The van der Waals surface area contributed by atoms with Crippen LogP contribution >= 0.6 is 0 Å². The number of nitrogens with one attached hydrogen (secondary N) is 1. The lowest BCUT2D eigenvalue weighted by molar-refractivity contribution is -0.118. The molecule has 21 heavy (non-hydrogen) atoms. The number of carbonyl (C=O) groups excluding carboxylic acids is 1. The third kappa shape index (κ3) is 3.80. The van der Waals surface area contributed by atoms with Crippen LogP contribution in [0.3, 0.4) is 0 Å². The third-order valence-electron chi connectivity index (χ3n) is 3.03. The summed E-state index contributed by atoms with van der Waals surface area (Å²) in [5.74, 6) is -0.553. The van der Waals surface area contributed by atoms with Crippen molar-refractivity contribution in [2.45, 2.75) is 6.42 Å². The van der Waals surface area contributed by atoms with Gasteiger partial charge >= 0.3 is 0 Å². The highest BCUT2D eigenvalue weighted by atomic mass is 16.5. The number of nitrogens with zero attached hydrogens (tertiary/aromatic N) is 2. The van der Waals surface area contributed by atoms with Gasteiger partial charge in [0.05, 0.1) is 18.9 Å². The number of anilines is 1. The number of nitriles is 1. The fourth-order valence-corrected chi connectivity index (χ4v) is 1.92. The first-order chi connectivity index (χ1) is 10.2. The number of methoxy groups -OCH3 is 1. The molecule has 1 unspecified atom stereocenters. The van der Waals surface area contributed by atoms with E-state index in [-0.39, 0.29) is 5.91 Å². The number of amides is 1. The maximum absolute atomic E-state index is 12.2. The summed E-state index contributed by atoms with van der Waals surface area (Å²) in [4.78, 5) is 16.1. The number of carbonyl (C=O) groups is 1. The minimum absolute atomic E-state index is 0.347. The van der Waals surface area contributed by atoms with E-state index < -0.39 is 5.92 Å². The molecule has 0 bridgehead atoms. The minimum atomic E-state index is -0.766. The zero-order valence-electron chi connectivity index (χ0n) is 11.6. The molecule has 0 spiro atoms. The highest BCUT2D eigenvalue weighted by Crippen LogP contribution is 2.23. The molecule has 106 valence electrons. The average Bonchev–Trinajstić information content (AvgIpc) is 2.54. The third-order valence-corrected chi connectivity index (χ3v) is 3.03. The van der Waals surface area contributed by atoms with Gasteiger partial charge in [0.2, 0.25) is 5.91 Å². The summed E-state index contributed by atoms with van der Waals surface area (Å²) in [6, 6.07) is 12.7. The maximum Gasteiger partial charge on any atom is 0.242 e. The molecule has 0 radical (unpaired) electrons. The Morgan fingerprint density at radius 1 is 1.33 bits per heavy atom. The second-order valence-corrected chi connectivity index (χ2v) is 4.43. The topological polar surface area (TPSA) is 75.0 Å². The van der Waals surface area contributed by atoms with Crippen molar-refractivity contribution in [3.63, 3.8) is 0 Å². The zero-order valence-corrected chi connectivity index (χ0v) is 11.6. The predicted octanol–water partition coefficient (Wildman–Crippen LogP) is 2.41. The van der Waals surface area contributed by atoms with E-state index in [1.165, 1.54) is 7.11 Å². The molecular formula is C16H15N3O2. The van der Waals surface area contributed by atoms with E-state index in [0.717, 1.165) is 5.56 Å². The van der Waals surface area contributed by atoms with Gasteiger partial charge in [0.25, 0.3) is 0 Å². The second kappa shape index (κ2) is 7.06. The number of para-hydroxylation sites is 2. The molecule has 5 heteroatoms. The predicted molar refractivity (Wildman–Crippen MR) is 78.7 cm³/mol. The van der Waals surface area contributed by atoms with E-state index in [0.29, 0.717) is 17.9 Å². The standard InChI is InChI=1S/C16H15N3O2/c1-21-15-5-3-2-4-14(15)19-16(20)13(11-17)10-12-6-8-18-9-7-12/h2-9,13H,10H2,1H3,(H,19,20). The van der Waals surface area contributed by atoms with Crippen molar-refractivity contribution < 1.29 is 9.53 Å². The first-order valence-corrected chi connectivity index (χ1v) is 6.47. The average molecular weight is 281 g/mol. The molecule has 1 aromatic carbocycles. The van der Waals surface area contributed by atoms with E-state index in [4.69, 9.17) is 4.74 Å². The van der Waals surface area contributed by atoms with Crippen molar-refractivity contribution in [2.75, 3.05) is 12.4 Å². The van der Waals surface area contributed by atoms with E-state index in [2.05, 4.69) is 10.3 Å². The molecule has 0 saturated carbocycles. The molecule has 0 saturated heterocycles. The van der Waals surface area contributed by atoms with E-state index in [1.54, 1.807) is 42.7 Å². The van der Waals surface area contributed by atoms with Gasteiger partial charge < -0.3 is 10.1 Å². The summed E-state index contributed by atoms with van der Waals surface area (Å²) in [7, 11) is 1.53. The van der Waals surface area contributed by atoms with Crippen LogP contribution in [0.1, 0.15) is 5.56 Å². The zero-order chi connectivity index (χ0) is 15.1. The number of hydrogen-bond acceptors (Lipinski definition) is 4. The molecule has 2 aromatic rings. The van der Waals surface area contributed by atoms with Gasteiger partial charge in [-0.05, 0) is 36.2 Å². The van der Waals surface area contributed by atoms with Crippen LogP contribution in [-0.2, 0) is 11.2 Å². The summed E-state index contributed by atoms with van der Waals surface area (Å²) < 4.78 is 5.17. The lowest BCUT2D eigenvalue weighted by Gasteiger charge is -2.12. The number of hydrogen-bond donors (Lipinski definition) is 1.